The van der Waals surface area contributed by atoms with Crippen LogP contribution in [0.2, 0.25) is 6.04 Å². The number of rotatable bonds is 11. The molecule has 0 amide bonds. The van der Waals surface area contributed by atoms with E-state index in [0.29, 0.717) is 25.9 Å². The normalized spacial score (nSPS) is 12.6. The van der Waals surface area contributed by atoms with E-state index in [9.17, 15) is 8.42 Å². The lowest BCUT2D eigenvalue weighted by molar-refractivity contribution is 0.0717. The Kier molecular flexibility index (Phi) is 8.66. The number of hydrogen-bond acceptors (Lipinski definition) is 5. The van der Waals surface area contributed by atoms with Gasteiger partial charge >= 0.3 is 8.80 Å². The van der Waals surface area contributed by atoms with Crippen molar-refractivity contribution in [2.24, 2.45) is 0 Å². The summed E-state index contributed by atoms with van der Waals surface area (Å²) in [5, 5.41) is 0.873. The summed E-state index contributed by atoms with van der Waals surface area (Å²) in [5.41, 5.74) is 0. The zero-order valence-electron chi connectivity index (χ0n) is 11.3. The molecule has 0 saturated heterocycles. The summed E-state index contributed by atoms with van der Waals surface area (Å²) in [6.45, 7) is 10.4. The molecule has 0 spiro atoms. The Morgan fingerprint density at radius 2 is 1.56 bits per heavy atom. The quantitative estimate of drug-likeness (QED) is 0.578. The van der Waals surface area contributed by atoms with E-state index in [1.165, 1.54) is 0 Å². The Hall–Kier alpha value is -0.253. The number of hydrogen-bond donors (Lipinski definition) is 1. The molecule has 6 nitrogen and oxygen atoms in total. The maximum Gasteiger partial charge on any atom is 0.502 e. The minimum Gasteiger partial charge on any atom is -0.374 e. The van der Waals surface area contributed by atoms with Crippen LogP contribution in [0.5, 0.6) is 0 Å². The van der Waals surface area contributed by atoms with Crippen LogP contribution in [0.4, 0.5) is 0 Å². The Balaban J connectivity index is 4.51. The van der Waals surface area contributed by atoms with E-state index in [-0.39, 0.29) is 6.54 Å². The first-order chi connectivity index (χ1) is 8.45. The minimum absolute atomic E-state index is 0.209. The van der Waals surface area contributed by atoms with Crippen molar-refractivity contribution in [3.8, 4) is 0 Å². The second-order valence-electron chi connectivity index (χ2n) is 3.34. The van der Waals surface area contributed by atoms with Gasteiger partial charge in [-0.1, -0.05) is 6.58 Å². The first-order valence-corrected chi connectivity index (χ1v) is 9.47. The maximum absolute atomic E-state index is 11.2. The van der Waals surface area contributed by atoms with Crippen LogP contribution in [0.15, 0.2) is 12.0 Å². The van der Waals surface area contributed by atoms with Crippen LogP contribution in [0.25, 0.3) is 0 Å². The summed E-state index contributed by atoms with van der Waals surface area (Å²) in [7, 11) is -6.19. The molecule has 0 aromatic heterocycles. The van der Waals surface area contributed by atoms with Crippen molar-refractivity contribution < 1.29 is 21.7 Å². The van der Waals surface area contributed by atoms with Crippen molar-refractivity contribution in [3.63, 3.8) is 0 Å². The van der Waals surface area contributed by atoms with E-state index in [2.05, 4.69) is 11.3 Å². The van der Waals surface area contributed by atoms with Crippen LogP contribution in [0.3, 0.4) is 0 Å². The van der Waals surface area contributed by atoms with E-state index in [4.69, 9.17) is 13.3 Å². The molecule has 8 heteroatoms. The molecule has 0 aliphatic heterocycles. The molecule has 0 heterocycles. The molecule has 0 fully saturated rings. The summed E-state index contributed by atoms with van der Waals surface area (Å²) < 4.78 is 41.6. The zero-order chi connectivity index (χ0) is 14.1. The predicted octanol–water partition coefficient (Wildman–Crippen LogP) is 1.10. The molecule has 0 radical (unpaired) electrons. The smallest absolute Gasteiger partial charge is 0.374 e. The molecule has 108 valence electrons. The van der Waals surface area contributed by atoms with Gasteiger partial charge in [0.25, 0.3) is 0 Å². The molecule has 0 unspecified atom stereocenters. The van der Waals surface area contributed by atoms with E-state index < -0.39 is 18.8 Å². The molecule has 0 rings (SSSR count). The molecule has 0 atom stereocenters. The van der Waals surface area contributed by atoms with Gasteiger partial charge in [-0.3, -0.25) is 0 Å². The molecular weight excluding hydrogens is 274 g/mol. The third kappa shape index (κ3) is 6.62. The lowest BCUT2D eigenvalue weighted by atomic mass is 10.8. The molecule has 0 aromatic carbocycles. The highest BCUT2D eigenvalue weighted by molar-refractivity contribution is 7.92. The second-order valence-corrected chi connectivity index (χ2v) is 7.78. The van der Waals surface area contributed by atoms with E-state index in [1.807, 2.05) is 20.8 Å². The van der Waals surface area contributed by atoms with Crippen molar-refractivity contribution in [2.75, 3.05) is 26.4 Å². The molecular formula is C10H23NO5SSi. The second kappa shape index (κ2) is 8.78. The fourth-order valence-electron chi connectivity index (χ4n) is 1.41. The van der Waals surface area contributed by atoms with Crippen molar-refractivity contribution >= 4 is 18.8 Å². The third-order valence-electron chi connectivity index (χ3n) is 2.05. The van der Waals surface area contributed by atoms with Gasteiger partial charge in [0.2, 0.25) is 10.0 Å². The van der Waals surface area contributed by atoms with Crippen LogP contribution in [0.1, 0.15) is 20.8 Å². The van der Waals surface area contributed by atoms with E-state index in [0.717, 1.165) is 5.41 Å². The van der Waals surface area contributed by atoms with E-state index in [1.54, 1.807) is 0 Å². The van der Waals surface area contributed by atoms with Crippen LogP contribution in [-0.4, -0.2) is 43.6 Å². The standard InChI is InChI=1S/C10H23NO5SSi/c1-5-14-18(15-6-2,16-7-3)10-9-11-17(12,13)8-4/h8,11H,4-7,9-10H2,1-3H3. The summed E-state index contributed by atoms with van der Waals surface area (Å²) in [5.74, 6) is 0. The van der Waals surface area contributed by atoms with Crippen molar-refractivity contribution in [3.05, 3.63) is 12.0 Å². The SMILES string of the molecule is C=CS(=O)(=O)NCC[Si](OCC)(OCC)OCC. The molecule has 0 aliphatic carbocycles. The van der Waals surface area contributed by atoms with Gasteiger partial charge < -0.3 is 13.3 Å². The Bertz CT molecular complexity index is 316. The largest absolute Gasteiger partial charge is 0.502 e. The van der Waals surface area contributed by atoms with Gasteiger partial charge in [-0.2, -0.15) is 0 Å². The monoisotopic (exact) mass is 297 g/mol. The highest BCUT2D eigenvalue weighted by Gasteiger charge is 2.40. The van der Waals surface area contributed by atoms with Crippen LogP contribution < -0.4 is 4.72 Å². The molecule has 0 bridgehead atoms. The van der Waals surface area contributed by atoms with Gasteiger partial charge in [0.1, 0.15) is 0 Å². The average Bonchev–Trinajstić information content (AvgIpc) is 2.30. The Morgan fingerprint density at radius 1 is 1.11 bits per heavy atom. The summed E-state index contributed by atoms with van der Waals surface area (Å²) in [6, 6.07) is 0.398. The number of sulfonamides is 1. The van der Waals surface area contributed by atoms with Gasteiger partial charge in [-0.15, -0.1) is 0 Å². The Labute approximate surface area is 111 Å². The summed E-state index contributed by atoms with van der Waals surface area (Å²) in [6.07, 6.45) is 0. The fourth-order valence-corrected chi connectivity index (χ4v) is 4.53. The van der Waals surface area contributed by atoms with E-state index >= 15 is 0 Å². The van der Waals surface area contributed by atoms with Crippen molar-refractivity contribution in [2.45, 2.75) is 26.8 Å². The highest BCUT2D eigenvalue weighted by Crippen LogP contribution is 2.15. The van der Waals surface area contributed by atoms with Crippen LogP contribution in [0, 0.1) is 0 Å². The summed E-state index contributed by atoms with van der Waals surface area (Å²) >= 11 is 0. The van der Waals surface area contributed by atoms with Gasteiger partial charge in [-0.25, -0.2) is 13.1 Å². The van der Waals surface area contributed by atoms with Crippen molar-refractivity contribution in [1.82, 2.24) is 4.72 Å². The van der Waals surface area contributed by atoms with Gasteiger partial charge in [0.05, 0.1) is 0 Å². The highest BCUT2D eigenvalue weighted by atomic mass is 32.2. The van der Waals surface area contributed by atoms with Crippen molar-refractivity contribution in [1.29, 1.82) is 0 Å². The first kappa shape index (κ1) is 17.7. The Morgan fingerprint density at radius 3 is 1.89 bits per heavy atom. The molecule has 0 aromatic rings. The van der Waals surface area contributed by atoms with Crippen LogP contribution in [-0.2, 0) is 23.3 Å². The lowest BCUT2D eigenvalue weighted by Gasteiger charge is -2.28. The van der Waals surface area contributed by atoms with Gasteiger partial charge in [-0.05, 0) is 20.8 Å². The summed E-state index contributed by atoms with van der Waals surface area (Å²) in [4.78, 5) is 0. The molecule has 0 aliphatic rings. The predicted molar refractivity (Wildman–Crippen MR) is 72.6 cm³/mol. The third-order valence-corrected chi connectivity index (χ3v) is 6.14. The lowest BCUT2D eigenvalue weighted by Crippen LogP contribution is -2.48. The molecule has 1 N–H and O–H groups in total. The molecule has 0 saturated carbocycles. The zero-order valence-corrected chi connectivity index (χ0v) is 13.1. The topological polar surface area (TPSA) is 73.9 Å². The van der Waals surface area contributed by atoms with Gasteiger partial charge in [0.15, 0.2) is 0 Å². The maximum atomic E-state index is 11.2. The minimum atomic E-state index is -3.42. The average molecular weight is 297 g/mol. The van der Waals surface area contributed by atoms with Crippen LogP contribution >= 0.6 is 0 Å². The van der Waals surface area contributed by atoms with Gasteiger partial charge in [0, 0.05) is 37.8 Å². The first-order valence-electron chi connectivity index (χ1n) is 5.99. The number of nitrogens with one attached hydrogen (secondary N) is 1. The molecule has 18 heavy (non-hydrogen) atoms. The fraction of sp³-hybridized carbons (Fsp3) is 0.800.